The number of carbonyl (C=O) groups excluding carboxylic acids is 1. The van der Waals surface area contributed by atoms with E-state index < -0.39 is 23.0 Å². The van der Waals surface area contributed by atoms with Crippen molar-refractivity contribution in [3.8, 4) is 0 Å². The number of hydrogen-bond donors (Lipinski definition) is 3. The lowest BCUT2D eigenvalue weighted by molar-refractivity contribution is -0.144. The summed E-state index contributed by atoms with van der Waals surface area (Å²) in [5.74, 6) is -1.68. The molecule has 1 amide bonds. The van der Waals surface area contributed by atoms with Gasteiger partial charge in [0.25, 0.3) is 5.91 Å². The Hall–Kier alpha value is -2.11. The van der Waals surface area contributed by atoms with Crippen molar-refractivity contribution in [3.63, 3.8) is 0 Å². The molecular weight excluding hydrogens is 236 g/mol. The third-order valence-corrected chi connectivity index (χ3v) is 3.22. The van der Waals surface area contributed by atoms with E-state index in [-0.39, 0.29) is 11.6 Å². The van der Waals surface area contributed by atoms with Gasteiger partial charge in [-0.1, -0.05) is 6.07 Å². The maximum absolute atomic E-state index is 11.9. The number of H-pyrrole nitrogens is 1. The molecule has 1 fully saturated rings. The number of aromatic nitrogens is 1. The highest BCUT2D eigenvalue weighted by atomic mass is 16.4. The van der Waals surface area contributed by atoms with E-state index in [1.54, 1.807) is 0 Å². The van der Waals surface area contributed by atoms with E-state index in [9.17, 15) is 19.5 Å². The number of amides is 1. The van der Waals surface area contributed by atoms with E-state index in [4.69, 9.17) is 0 Å². The molecule has 1 heterocycles. The summed E-state index contributed by atoms with van der Waals surface area (Å²) in [6.45, 7) is 1.49. The Balaban J connectivity index is 2.20. The fourth-order valence-electron chi connectivity index (χ4n) is 1.87. The van der Waals surface area contributed by atoms with Gasteiger partial charge in [0.2, 0.25) is 5.56 Å². The summed E-state index contributed by atoms with van der Waals surface area (Å²) in [6, 6.07) is 4.17. The van der Waals surface area contributed by atoms with E-state index in [1.165, 1.54) is 25.1 Å². The average molecular weight is 250 g/mol. The van der Waals surface area contributed by atoms with Crippen molar-refractivity contribution in [2.45, 2.75) is 25.3 Å². The Morgan fingerprint density at radius 1 is 1.44 bits per heavy atom. The lowest BCUT2D eigenvalue weighted by Gasteiger charge is -2.25. The second-order valence-electron chi connectivity index (χ2n) is 4.66. The molecule has 96 valence electrons. The Labute approximate surface area is 103 Å². The van der Waals surface area contributed by atoms with Gasteiger partial charge in [-0.05, 0) is 31.7 Å². The average Bonchev–Trinajstić information content (AvgIpc) is 3.12. The molecule has 1 aliphatic rings. The molecule has 0 aliphatic heterocycles. The fourth-order valence-corrected chi connectivity index (χ4v) is 1.87. The zero-order valence-electron chi connectivity index (χ0n) is 9.90. The van der Waals surface area contributed by atoms with E-state index >= 15 is 0 Å². The van der Waals surface area contributed by atoms with Gasteiger partial charge in [0, 0.05) is 6.07 Å². The summed E-state index contributed by atoms with van der Waals surface area (Å²) in [5.41, 5.74) is -1.61. The van der Waals surface area contributed by atoms with Crippen LogP contribution in [0.25, 0.3) is 0 Å². The SMILES string of the molecule is CC(NC(=O)c1cccc(=O)[nH]1)(C(=O)O)C1CC1. The van der Waals surface area contributed by atoms with Crippen LogP contribution < -0.4 is 10.9 Å². The first kappa shape index (κ1) is 12.3. The quantitative estimate of drug-likeness (QED) is 0.718. The number of nitrogens with one attached hydrogen (secondary N) is 2. The lowest BCUT2D eigenvalue weighted by atomic mass is 9.96. The van der Waals surface area contributed by atoms with Crippen LogP contribution >= 0.6 is 0 Å². The molecule has 6 nitrogen and oxygen atoms in total. The second-order valence-corrected chi connectivity index (χ2v) is 4.66. The van der Waals surface area contributed by atoms with Crippen LogP contribution in [0.4, 0.5) is 0 Å². The van der Waals surface area contributed by atoms with Gasteiger partial charge in [-0.2, -0.15) is 0 Å². The van der Waals surface area contributed by atoms with Gasteiger partial charge in [0.1, 0.15) is 11.2 Å². The summed E-state index contributed by atoms with van der Waals surface area (Å²) in [6.07, 6.45) is 1.57. The van der Waals surface area contributed by atoms with Crippen LogP contribution in [0.1, 0.15) is 30.3 Å². The molecule has 18 heavy (non-hydrogen) atoms. The molecule has 0 spiro atoms. The number of rotatable bonds is 4. The van der Waals surface area contributed by atoms with Crippen LogP contribution in [0.2, 0.25) is 0 Å². The Bertz CT molecular complexity index is 547. The van der Waals surface area contributed by atoms with Crippen LogP contribution in [-0.4, -0.2) is 27.5 Å². The van der Waals surface area contributed by atoms with Crippen LogP contribution in [0, 0.1) is 5.92 Å². The zero-order valence-corrected chi connectivity index (χ0v) is 9.90. The van der Waals surface area contributed by atoms with Crippen molar-refractivity contribution in [3.05, 3.63) is 34.2 Å². The molecule has 1 saturated carbocycles. The largest absolute Gasteiger partial charge is 0.480 e. The molecule has 1 atom stereocenters. The maximum Gasteiger partial charge on any atom is 0.329 e. The van der Waals surface area contributed by atoms with Crippen molar-refractivity contribution >= 4 is 11.9 Å². The lowest BCUT2D eigenvalue weighted by Crippen LogP contribution is -2.54. The summed E-state index contributed by atoms with van der Waals surface area (Å²) in [5, 5.41) is 11.7. The normalized spacial score (nSPS) is 17.8. The van der Waals surface area contributed by atoms with E-state index in [0.717, 1.165) is 12.8 Å². The maximum atomic E-state index is 11.9. The van der Waals surface area contributed by atoms with Crippen molar-refractivity contribution in [2.75, 3.05) is 0 Å². The Morgan fingerprint density at radius 2 is 2.11 bits per heavy atom. The molecule has 1 aliphatic carbocycles. The summed E-state index contributed by atoms with van der Waals surface area (Å²) in [4.78, 5) is 36.6. The third kappa shape index (κ3) is 2.27. The summed E-state index contributed by atoms with van der Waals surface area (Å²) < 4.78 is 0. The van der Waals surface area contributed by atoms with Gasteiger partial charge < -0.3 is 15.4 Å². The van der Waals surface area contributed by atoms with Gasteiger partial charge in [-0.25, -0.2) is 4.79 Å². The number of carbonyl (C=O) groups is 2. The van der Waals surface area contributed by atoms with Gasteiger partial charge in [0.15, 0.2) is 0 Å². The number of pyridine rings is 1. The third-order valence-electron chi connectivity index (χ3n) is 3.22. The first-order valence-electron chi connectivity index (χ1n) is 5.69. The standard InChI is InChI=1S/C12H14N2O4/c1-12(11(17)18,7-5-6-7)14-10(16)8-3-2-4-9(15)13-8/h2-4,7H,5-6H2,1H3,(H,13,15)(H,14,16)(H,17,18). The van der Waals surface area contributed by atoms with Crippen LogP contribution in [0.3, 0.4) is 0 Å². The first-order chi connectivity index (χ1) is 8.43. The molecule has 1 unspecified atom stereocenters. The minimum Gasteiger partial charge on any atom is -0.480 e. The highest BCUT2D eigenvalue weighted by Crippen LogP contribution is 2.39. The number of aliphatic carboxylic acids is 1. The Morgan fingerprint density at radius 3 is 2.61 bits per heavy atom. The molecule has 0 radical (unpaired) electrons. The van der Waals surface area contributed by atoms with Gasteiger partial charge in [0.05, 0.1) is 0 Å². The van der Waals surface area contributed by atoms with Gasteiger partial charge >= 0.3 is 5.97 Å². The van der Waals surface area contributed by atoms with Crippen molar-refractivity contribution in [2.24, 2.45) is 5.92 Å². The summed E-state index contributed by atoms with van der Waals surface area (Å²) >= 11 is 0. The van der Waals surface area contributed by atoms with Crippen molar-refractivity contribution in [1.29, 1.82) is 0 Å². The number of carboxylic acids is 1. The van der Waals surface area contributed by atoms with Gasteiger partial charge in [-0.3, -0.25) is 9.59 Å². The van der Waals surface area contributed by atoms with E-state index in [2.05, 4.69) is 10.3 Å². The first-order valence-corrected chi connectivity index (χ1v) is 5.69. The molecule has 1 aromatic heterocycles. The molecule has 0 aromatic carbocycles. The van der Waals surface area contributed by atoms with Crippen molar-refractivity contribution in [1.82, 2.24) is 10.3 Å². The second kappa shape index (κ2) is 4.29. The minimum absolute atomic E-state index is 0.0469. The Kier molecular flexibility index (Phi) is 2.94. The molecular formula is C12H14N2O4. The number of hydrogen-bond acceptors (Lipinski definition) is 3. The number of carboxylic acid groups (broad SMARTS) is 1. The molecule has 0 saturated heterocycles. The van der Waals surface area contributed by atoms with Gasteiger partial charge in [-0.15, -0.1) is 0 Å². The minimum atomic E-state index is -1.27. The molecule has 2 rings (SSSR count). The number of aromatic amines is 1. The topological polar surface area (TPSA) is 99.3 Å². The van der Waals surface area contributed by atoms with E-state index in [0.29, 0.717) is 0 Å². The summed E-state index contributed by atoms with van der Waals surface area (Å²) in [7, 11) is 0. The highest BCUT2D eigenvalue weighted by Gasteiger charge is 2.48. The highest BCUT2D eigenvalue weighted by molar-refractivity contribution is 5.96. The molecule has 6 heteroatoms. The van der Waals surface area contributed by atoms with Crippen LogP contribution in [0.15, 0.2) is 23.0 Å². The zero-order chi connectivity index (χ0) is 13.3. The molecule has 1 aromatic rings. The monoisotopic (exact) mass is 250 g/mol. The van der Waals surface area contributed by atoms with E-state index in [1.807, 2.05) is 0 Å². The van der Waals surface area contributed by atoms with Crippen LogP contribution in [-0.2, 0) is 4.79 Å². The predicted octanol–water partition coefficient (Wildman–Crippen LogP) is 0.358. The molecule has 0 bridgehead atoms. The van der Waals surface area contributed by atoms with Crippen molar-refractivity contribution < 1.29 is 14.7 Å². The fraction of sp³-hybridized carbons (Fsp3) is 0.417. The van der Waals surface area contributed by atoms with Crippen LogP contribution in [0.5, 0.6) is 0 Å². The predicted molar refractivity (Wildman–Crippen MR) is 63.3 cm³/mol. The molecule has 3 N–H and O–H groups in total. The smallest absolute Gasteiger partial charge is 0.329 e.